The zero-order valence-electron chi connectivity index (χ0n) is 7.23. The summed E-state index contributed by atoms with van der Waals surface area (Å²) >= 11 is 0. The molecule has 0 saturated heterocycles. The summed E-state index contributed by atoms with van der Waals surface area (Å²) in [5.41, 5.74) is 0. The topological polar surface area (TPSA) is 42.2 Å². The Balaban J connectivity index is 2.57. The monoisotopic (exact) mass is 164 g/mol. The van der Waals surface area contributed by atoms with E-state index in [1.54, 1.807) is 24.8 Å². The SMILES string of the molecule is CN/C=C\N=Cc1nccn1C. The van der Waals surface area contributed by atoms with Gasteiger partial charge in [-0.15, -0.1) is 0 Å². The molecule has 64 valence electrons. The molecule has 0 unspecified atom stereocenters. The molecular formula is C8H12N4. The molecule has 0 aromatic carbocycles. The van der Waals surface area contributed by atoms with Gasteiger partial charge in [0.1, 0.15) is 0 Å². The van der Waals surface area contributed by atoms with E-state index in [1.165, 1.54) is 0 Å². The molecule has 0 amide bonds. The Morgan fingerprint density at radius 2 is 2.50 bits per heavy atom. The van der Waals surface area contributed by atoms with Crippen LogP contribution < -0.4 is 5.32 Å². The number of hydrogen-bond acceptors (Lipinski definition) is 3. The molecule has 4 heteroatoms. The van der Waals surface area contributed by atoms with E-state index < -0.39 is 0 Å². The molecule has 0 aliphatic heterocycles. The van der Waals surface area contributed by atoms with E-state index >= 15 is 0 Å². The maximum atomic E-state index is 4.07. The highest BCUT2D eigenvalue weighted by Crippen LogP contribution is 1.88. The maximum Gasteiger partial charge on any atom is 0.150 e. The van der Waals surface area contributed by atoms with E-state index in [-0.39, 0.29) is 0 Å². The molecular weight excluding hydrogens is 152 g/mol. The Bertz CT molecular complexity index is 285. The second-order valence-electron chi connectivity index (χ2n) is 2.28. The highest BCUT2D eigenvalue weighted by atomic mass is 15.0. The van der Waals surface area contributed by atoms with Crippen LogP contribution in [0.2, 0.25) is 0 Å². The summed E-state index contributed by atoms with van der Waals surface area (Å²) in [6.45, 7) is 0. The molecule has 1 aromatic rings. The minimum Gasteiger partial charge on any atom is -0.393 e. The van der Waals surface area contributed by atoms with Gasteiger partial charge in [-0.25, -0.2) is 4.98 Å². The van der Waals surface area contributed by atoms with Crippen LogP contribution in [0.25, 0.3) is 0 Å². The number of rotatable bonds is 3. The Morgan fingerprint density at radius 1 is 1.67 bits per heavy atom. The van der Waals surface area contributed by atoms with E-state index in [9.17, 15) is 0 Å². The molecule has 0 spiro atoms. The smallest absolute Gasteiger partial charge is 0.150 e. The average molecular weight is 164 g/mol. The van der Waals surface area contributed by atoms with Crippen molar-refractivity contribution in [1.29, 1.82) is 0 Å². The van der Waals surface area contributed by atoms with Crippen molar-refractivity contribution in [1.82, 2.24) is 14.9 Å². The van der Waals surface area contributed by atoms with E-state index in [4.69, 9.17) is 0 Å². The van der Waals surface area contributed by atoms with Crippen LogP contribution in [-0.2, 0) is 7.05 Å². The minimum absolute atomic E-state index is 0.843. The van der Waals surface area contributed by atoms with Crippen LogP contribution in [0.3, 0.4) is 0 Å². The molecule has 0 aliphatic carbocycles. The predicted molar refractivity (Wildman–Crippen MR) is 49.0 cm³/mol. The molecule has 1 heterocycles. The molecule has 1 aromatic heterocycles. The van der Waals surface area contributed by atoms with Crippen molar-refractivity contribution >= 4 is 6.21 Å². The van der Waals surface area contributed by atoms with E-state index in [1.807, 2.05) is 24.9 Å². The largest absolute Gasteiger partial charge is 0.393 e. The summed E-state index contributed by atoms with van der Waals surface area (Å²) in [4.78, 5) is 8.09. The van der Waals surface area contributed by atoms with Gasteiger partial charge in [-0.1, -0.05) is 0 Å². The summed E-state index contributed by atoms with van der Waals surface area (Å²) < 4.78 is 1.90. The van der Waals surface area contributed by atoms with Gasteiger partial charge >= 0.3 is 0 Å². The molecule has 0 saturated carbocycles. The fourth-order valence-electron chi connectivity index (χ4n) is 0.729. The lowest BCUT2D eigenvalue weighted by Gasteiger charge is -1.90. The second-order valence-corrected chi connectivity index (χ2v) is 2.28. The van der Waals surface area contributed by atoms with Gasteiger partial charge in [-0.2, -0.15) is 0 Å². The molecule has 0 radical (unpaired) electrons. The van der Waals surface area contributed by atoms with Crippen LogP contribution >= 0.6 is 0 Å². The lowest BCUT2D eigenvalue weighted by molar-refractivity contribution is 0.902. The molecule has 4 nitrogen and oxygen atoms in total. The fourth-order valence-corrected chi connectivity index (χ4v) is 0.729. The Morgan fingerprint density at radius 3 is 3.08 bits per heavy atom. The molecule has 0 fully saturated rings. The van der Waals surface area contributed by atoms with Crippen LogP contribution in [0.5, 0.6) is 0 Å². The zero-order valence-corrected chi connectivity index (χ0v) is 7.23. The summed E-state index contributed by atoms with van der Waals surface area (Å²) in [6, 6.07) is 0. The molecule has 12 heavy (non-hydrogen) atoms. The highest BCUT2D eigenvalue weighted by molar-refractivity contribution is 5.75. The first-order valence-corrected chi connectivity index (χ1v) is 3.67. The molecule has 0 aliphatic rings. The Hall–Kier alpha value is -1.58. The maximum absolute atomic E-state index is 4.07. The highest BCUT2D eigenvalue weighted by Gasteiger charge is 1.90. The lowest BCUT2D eigenvalue weighted by atomic mass is 10.6. The third kappa shape index (κ3) is 2.23. The van der Waals surface area contributed by atoms with Crippen molar-refractivity contribution in [2.45, 2.75) is 0 Å². The minimum atomic E-state index is 0.843. The van der Waals surface area contributed by atoms with Gasteiger partial charge in [0, 0.05) is 38.9 Å². The third-order valence-corrected chi connectivity index (χ3v) is 1.38. The van der Waals surface area contributed by atoms with Crippen LogP contribution in [0.4, 0.5) is 0 Å². The first-order valence-electron chi connectivity index (χ1n) is 3.67. The summed E-state index contributed by atoms with van der Waals surface area (Å²) in [6.07, 6.45) is 8.74. The first-order chi connectivity index (χ1) is 5.84. The van der Waals surface area contributed by atoms with Gasteiger partial charge in [0.15, 0.2) is 5.82 Å². The number of hydrogen-bond donors (Lipinski definition) is 1. The number of imidazole rings is 1. The third-order valence-electron chi connectivity index (χ3n) is 1.38. The van der Waals surface area contributed by atoms with Crippen molar-refractivity contribution in [3.05, 3.63) is 30.6 Å². The van der Waals surface area contributed by atoms with Crippen molar-refractivity contribution in [3.8, 4) is 0 Å². The quantitative estimate of drug-likeness (QED) is 0.662. The van der Waals surface area contributed by atoms with Crippen molar-refractivity contribution in [3.63, 3.8) is 0 Å². The van der Waals surface area contributed by atoms with Crippen molar-refractivity contribution in [2.24, 2.45) is 12.0 Å². The van der Waals surface area contributed by atoms with Crippen LogP contribution in [-0.4, -0.2) is 22.8 Å². The van der Waals surface area contributed by atoms with Gasteiger partial charge in [-0.3, -0.25) is 4.99 Å². The van der Waals surface area contributed by atoms with Gasteiger partial charge in [0.25, 0.3) is 0 Å². The van der Waals surface area contributed by atoms with E-state index in [0.717, 1.165) is 5.82 Å². The van der Waals surface area contributed by atoms with Crippen LogP contribution in [0, 0.1) is 0 Å². The van der Waals surface area contributed by atoms with Gasteiger partial charge in [-0.05, 0) is 0 Å². The lowest BCUT2D eigenvalue weighted by Crippen LogP contribution is -1.94. The Labute approximate surface area is 71.7 Å². The number of aliphatic imine (C=N–C) groups is 1. The Kier molecular flexibility index (Phi) is 3.07. The summed E-state index contributed by atoms with van der Waals surface area (Å²) in [5, 5.41) is 2.84. The van der Waals surface area contributed by atoms with E-state index in [2.05, 4.69) is 15.3 Å². The van der Waals surface area contributed by atoms with Crippen LogP contribution in [0.15, 0.2) is 29.8 Å². The van der Waals surface area contributed by atoms with Crippen LogP contribution in [0.1, 0.15) is 5.82 Å². The van der Waals surface area contributed by atoms with Gasteiger partial charge in [0.05, 0.1) is 6.21 Å². The number of aryl methyl sites for hydroxylation is 1. The summed E-state index contributed by atoms with van der Waals surface area (Å²) in [7, 11) is 3.75. The van der Waals surface area contributed by atoms with Gasteiger partial charge < -0.3 is 9.88 Å². The average Bonchev–Trinajstić information content (AvgIpc) is 2.46. The first kappa shape index (κ1) is 8.52. The van der Waals surface area contributed by atoms with Crippen molar-refractivity contribution in [2.75, 3.05) is 7.05 Å². The predicted octanol–water partition coefficient (Wildman–Crippen LogP) is 0.530. The van der Waals surface area contributed by atoms with E-state index in [0.29, 0.717) is 0 Å². The fraction of sp³-hybridized carbons (Fsp3) is 0.250. The number of nitrogens with zero attached hydrogens (tertiary/aromatic N) is 3. The molecule has 1 N–H and O–H groups in total. The zero-order chi connectivity index (χ0) is 8.81. The molecule has 1 rings (SSSR count). The number of aromatic nitrogens is 2. The number of nitrogens with one attached hydrogen (secondary N) is 1. The van der Waals surface area contributed by atoms with Gasteiger partial charge in [0.2, 0.25) is 0 Å². The normalized spacial score (nSPS) is 11.5. The van der Waals surface area contributed by atoms with Crippen molar-refractivity contribution < 1.29 is 0 Å². The molecule has 0 bridgehead atoms. The standard InChI is InChI=1S/C8H12N4/c1-9-3-4-10-7-8-11-5-6-12(8)2/h3-7,9H,1-2H3/b4-3-,10-7?. The summed E-state index contributed by atoms with van der Waals surface area (Å²) in [5.74, 6) is 0.843. The second kappa shape index (κ2) is 4.33. The molecule has 0 atom stereocenters.